The van der Waals surface area contributed by atoms with Gasteiger partial charge in [-0.3, -0.25) is 0 Å². The first-order valence-corrected chi connectivity index (χ1v) is 6.63. The molecule has 114 valence electrons. The topological polar surface area (TPSA) is 88.1 Å². The van der Waals surface area contributed by atoms with Crippen molar-refractivity contribution in [1.29, 1.82) is 0 Å². The van der Waals surface area contributed by atoms with Crippen LogP contribution in [0.15, 0.2) is 18.2 Å². The lowest BCUT2D eigenvalue weighted by molar-refractivity contribution is -0.154. The number of carboxylic acids is 1. The minimum absolute atomic E-state index is 0.00501. The van der Waals surface area contributed by atoms with Gasteiger partial charge in [0.05, 0.1) is 25.3 Å². The highest BCUT2D eigenvalue weighted by Crippen LogP contribution is 2.27. The van der Waals surface area contributed by atoms with Crippen molar-refractivity contribution in [1.82, 2.24) is 4.90 Å². The van der Waals surface area contributed by atoms with E-state index in [0.717, 1.165) is 0 Å². The standard InChI is InChI=1S/C13H15ClN2O5/c1-20-10-3-2-8(6-9(10)14)15-13(19)16-4-5-21-11(7-16)12(17)18/h2-3,6,11H,4-5,7H2,1H3,(H,15,19)(H,17,18). The van der Waals surface area contributed by atoms with E-state index in [2.05, 4.69) is 5.32 Å². The van der Waals surface area contributed by atoms with Crippen LogP contribution in [0.5, 0.6) is 5.75 Å². The van der Waals surface area contributed by atoms with Crippen LogP contribution in [0.4, 0.5) is 10.5 Å². The molecule has 2 amide bonds. The Morgan fingerprint density at radius 2 is 2.29 bits per heavy atom. The van der Waals surface area contributed by atoms with E-state index in [9.17, 15) is 9.59 Å². The van der Waals surface area contributed by atoms with Crippen molar-refractivity contribution in [2.45, 2.75) is 6.10 Å². The second-order valence-electron chi connectivity index (χ2n) is 4.42. The van der Waals surface area contributed by atoms with Crippen LogP contribution in [-0.4, -0.2) is 54.9 Å². The summed E-state index contributed by atoms with van der Waals surface area (Å²) < 4.78 is 10.1. The monoisotopic (exact) mass is 314 g/mol. The highest BCUT2D eigenvalue weighted by Gasteiger charge is 2.29. The molecule has 2 N–H and O–H groups in total. The number of amides is 2. The molecule has 21 heavy (non-hydrogen) atoms. The zero-order valence-electron chi connectivity index (χ0n) is 11.3. The number of carboxylic acid groups (broad SMARTS) is 1. The first kappa shape index (κ1) is 15.4. The van der Waals surface area contributed by atoms with Gasteiger partial charge in [0.15, 0.2) is 6.10 Å². The number of halogens is 1. The summed E-state index contributed by atoms with van der Waals surface area (Å²) in [6, 6.07) is 4.45. The molecule has 1 unspecified atom stereocenters. The quantitative estimate of drug-likeness (QED) is 0.886. The molecule has 8 heteroatoms. The van der Waals surface area contributed by atoms with Crippen molar-refractivity contribution >= 4 is 29.3 Å². The summed E-state index contributed by atoms with van der Waals surface area (Å²) in [6.45, 7) is 0.526. The molecule has 1 aliphatic heterocycles. The molecule has 1 aliphatic rings. The van der Waals surface area contributed by atoms with Crippen LogP contribution in [-0.2, 0) is 9.53 Å². The van der Waals surface area contributed by atoms with Gasteiger partial charge in [-0.05, 0) is 18.2 Å². The van der Waals surface area contributed by atoms with E-state index < -0.39 is 18.1 Å². The lowest BCUT2D eigenvalue weighted by atomic mass is 10.2. The SMILES string of the molecule is COc1ccc(NC(=O)N2CCOC(C(=O)O)C2)cc1Cl. The second-order valence-corrected chi connectivity index (χ2v) is 4.83. The van der Waals surface area contributed by atoms with E-state index in [0.29, 0.717) is 23.0 Å². The molecule has 1 atom stereocenters. The van der Waals surface area contributed by atoms with E-state index in [1.165, 1.54) is 12.0 Å². The summed E-state index contributed by atoms with van der Waals surface area (Å²) >= 11 is 5.98. The fourth-order valence-corrected chi connectivity index (χ4v) is 2.19. The number of carbonyl (C=O) groups excluding carboxylic acids is 1. The number of benzene rings is 1. The maximum absolute atomic E-state index is 12.1. The van der Waals surface area contributed by atoms with Crippen LogP contribution >= 0.6 is 11.6 Å². The minimum atomic E-state index is -1.08. The van der Waals surface area contributed by atoms with Crippen LogP contribution < -0.4 is 10.1 Å². The highest BCUT2D eigenvalue weighted by atomic mass is 35.5. The molecule has 0 spiro atoms. The molecule has 7 nitrogen and oxygen atoms in total. The second kappa shape index (κ2) is 6.64. The number of urea groups is 1. The minimum Gasteiger partial charge on any atom is -0.495 e. The van der Waals surface area contributed by atoms with Gasteiger partial charge >= 0.3 is 12.0 Å². The van der Waals surface area contributed by atoms with Gasteiger partial charge < -0.3 is 24.8 Å². The average molecular weight is 315 g/mol. The third-order valence-electron chi connectivity index (χ3n) is 3.03. The van der Waals surface area contributed by atoms with Gasteiger partial charge in [0.2, 0.25) is 0 Å². The molecule has 0 aliphatic carbocycles. The van der Waals surface area contributed by atoms with E-state index in [1.807, 2.05) is 0 Å². The lowest BCUT2D eigenvalue weighted by Gasteiger charge is -2.30. The van der Waals surface area contributed by atoms with E-state index >= 15 is 0 Å². The summed E-state index contributed by atoms with van der Waals surface area (Å²) in [5.74, 6) is -0.577. The molecule has 1 aromatic rings. The maximum Gasteiger partial charge on any atom is 0.334 e. The van der Waals surface area contributed by atoms with Crippen LogP contribution in [0.2, 0.25) is 5.02 Å². The fourth-order valence-electron chi connectivity index (χ4n) is 1.93. The predicted molar refractivity (Wildman–Crippen MR) is 76.0 cm³/mol. The first-order valence-electron chi connectivity index (χ1n) is 6.25. The smallest absolute Gasteiger partial charge is 0.334 e. The molecule has 0 aromatic heterocycles. The normalized spacial score (nSPS) is 18.2. The third-order valence-corrected chi connectivity index (χ3v) is 3.33. The number of aliphatic carboxylic acids is 1. The number of nitrogens with one attached hydrogen (secondary N) is 1. The molecule has 0 saturated carbocycles. The van der Waals surface area contributed by atoms with Crippen molar-refractivity contribution in [3.8, 4) is 5.75 Å². The highest BCUT2D eigenvalue weighted by molar-refractivity contribution is 6.32. The zero-order valence-corrected chi connectivity index (χ0v) is 12.1. The summed E-state index contributed by atoms with van der Waals surface area (Å²) in [4.78, 5) is 24.4. The van der Waals surface area contributed by atoms with E-state index in [1.54, 1.807) is 18.2 Å². The Kier molecular flexibility index (Phi) is 4.87. The number of anilines is 1. The number of morpholine rings is 1. The van der Waals surface area contributed by atoms with Crippen LogP contribution in [0.1, 0.15) is 0 Å². The Morgan fingerprint density at radius 3 is 2.90 bits per heavy atom. The van der Waals surface area contributed by atoms with Gasteiger partial charge in [-0.1, -0.05) is 11.6 Å². The van der Waals surface area contributed by atoms with Crippen LogP contribution in [0, 0.1) is 0 Å². The summed E-state index contributed by atoms with van der Waals surface area (Å²) in [5.41, 5.74) is 0.504. The molecular formula is C13H15ClN2O5. The molecule has 0 bridgehead atoms. The number of carbonyl (C=O) groups is 2. The number of hydrogen-bond donors (Lipinski definition) is 2. The Hall–Kier alpha value is -1.99. The molecule has 2 rings (SSSR count). The Morgan fingerprint density at radius 1 is 1.52 bits per heavy atom. The Bertz CT molecular complexity index is 551. The Labute approximate surface area is 126 Å². The summed E-state index contributed by atoms with van der Waals surface area (Å²) in [7, 11) is 1.50. The largest absolute Gasteiger partial charge is 0.495 e. The van der Waals surface area contributed by atoms with Crippen LogP contribution in [0.3, 0.4) is 0 Å². The van der Waals surface area contributed by atoms with Crippen LogP contribution in [0.25, 0.3) is 0 Å². The van der Waals surface area contributed by atoms with Gasteiger partial charge in [0.25, 0.3) is 0 Å². The maximum atomic E-state index is 12.1. The summed E-state index contributed by atoms with van der Waals surface area (Å²) in [5, 5.41) is 11.9. The summed E-state index contributed by atoms with van der Waals surface area (Å²) in [6.07, 6.45) is -0.996. The lowest BCUT2D eigenvalue weighted by Crippen LogP contribution is -2.49. The van der Waals surface area contributed by atoms with Gasteiger partial charge in [0.1, 0.15) is 5.75 Å². The van der Waals surface area contributed by atoms with Gasteiger partial charge in [-0.25, -0.2) is 9.59 Å². The van der Waals surface area contributed by atoms with Crippen molar-refractivity contribution in [3.05, 3.63) is 23.2 Å². The van der Waals surface area contributed by atoms with E-state index in [-0.39, 0.29) is 13.2 Å². The fraction of sp³-hybridized carbons (Fsp3) is 0.385. The molecule has 1 fully saturated rings. The number of hydrogen-bond acceptors (Lipinski definition) is 4. The number of nitrogens with zero attached hydrogens (tertiary/aromatic N) is 1. The molecule has 0 radical (unpaired) electrons. The van der Waals surface area contributed by atoms with Crippen molar-refractivity contribution in [2.75, 3.05) is 32.1 Å². The third kappa shape index (κ3) is 3.77. The molecule has 1 aromatic carbocycles. The molecule has 1 saturated heterocycles. The van der Waals surface area contributed by atoms with Gasteiger partial charge in [-0.15, -0.1) is 0 Å². The Balaban J connectivity index is 2.00. The first-order chi connectivity index (χ1) is 10.0. The van der Waals surface area contributed by atoms with E-state index in [4.69, 9.17) is 26.2 Å². The van der Waals surface area contributed by atoms with Crippen molar-refractivity contribution in [3.63, 3.8) is 0 Å². The van der Waals surface area contributed by atoms with Gasteiger partial charge in [-0.2, -0.15) is 0 Å². The molecule has 1 heterocycles. The zero-order chi connectivity index (χ0) is 15.4. The van der Waals surface area contributed by atoms with Gasteiger partial charge in [0, 0.05) is 12.2 Å². The van der Waals surface area contributed by atoms with Crippen molar-refractivity contribution in [2.24, 2.45) is 0 Å². The predicted octanol–water partition coefficient (Wildman–Crippen LogP) is 1.67. The average Bonchev–Trinajstić information content (AvgIpc) is 2.47. The number of ether oxygens (including phenoxy) is 2. The van der Waals surface area contributed by atoms with Crippen molar-refractivity contribution < 1.29 is 24.2 Å². The number of rotatable bonds is 3. The molecular weight excluding hydrogens is 300 g/mol. The number of methoxy groups -OCH3 is 1.